The van der Waals surface area contributed by atoms with E-state index < -0.39 is 15.7 Å². The number of hydrogen-bond donors (Lipinski definition) is 2. The second kappa shape index (κ2) is 7.84. The van der Waals surface area contributed by atoms with E-state index in [1.807, 2.05) is 19.9 Å². The van der Waals surface area contributed by atoms with Crippen LogP contribution in [0.1, 0.15) is 17.5 Å². The highest BCUT2D eigenvalue weighted by Gasteiger charge is 2.16. The number of hydrogen-bond acceptors (Lipinski definition) is 6. The summed E-state index contributed by atoms with van der Waals surface area (Å²) in [6, 6.07) is 9.92. The van der Waals surface area contributed by atoms with Crippen molar-refractivity contribution in [2.75, 3.05) is 11.2 Å². The zero-order valence-corrected chi connectivity index (χ0v) is 17.1. The molecule has 9 heteroatoms. The summed E-state index contributed by atoms with van der Waals surface area (Å²) >= 11 is 7.19. The van der Waals surface area contributed by atoms with Gasteiger partial charge in [0.15, 0.2) is 9.84 Å². The molecule has 1 heterocycles. The molecule has 0 unspecified atom stereocenters. The number of rotatable bonds is 6. The van der Waals surface area contributed by atoms with Gasteiger partial charge in [0, 0.05) is 11.4 Å². The Hall–Kier alpha value is -2.16. The van der Waals surface area contributed by atoms with Crippen LogP contribution < -0.4 is 10.9 Å². The lowest BCUT2D eigenvalue weighted by Crippen LogP contribution is -2.30. The van der Waals surface area contributed by atoms with Crippen LogP contribution in [0.25, 0.3) is 10.2 Å². The van der Waals surface area contributed by atoms with Gasteiger partial charge in [-0.2, -0.15) is 0 Å². The third kappa shape index (κ3) is 4.77. The van der Waals surface area contributed by atoms with Gasteiger partial charge in [-0.15, -0.1) is 0 Å². The zero-order chi connectivity index (χ0) is 19.6. The summed E-state index contributed by atoms with van der Waals surface area (Å²) in [7, 11) is -3.55. The number of anilines is 1. The van der Waals surface area contributed by atoms with Crippen molar-refractivity contribution >= 4 is 54.0 Å². The van der Waals surface area contributed by atoms with Crippen LogP contribution in [0, 0.1) is 13.8 Å². The number of thiazole rings is 1. The first kappa shape index (κ1) is 19.6. The molecule has 0 saturated heterocycles. The molecule has 1 aromatic heterocycles. The first-order valence-corrected chi connectivity index (χ1v) is 11.0. The molecule has 0 bridgehead atoms. The van der Waals surface area contributed by atoms with Gasteiger partial charge in [-0.1, -0.05) is 29.0 Å². The summed E-state index contributed by atoms with van der Waals surface area (Å²) in [6.45, 7) is 4.01. The second-order valence-corrected chi connectivity index (χ2v) is 9.69. The van der Waals surface area contributed by atoms with Gasteiger partial charge in [0.1, 0.15) is 0 Å². The molecule has 0 aliphatic carbocycles. The third-order valence-corrected chi connectivity index (χ3v) is 7.01. The molecule has 0 atom stereocenters. The quantitative estimate of drug-likeness (QED) is 0.587. The number of benzene rings is 2. The summed E-state index contributed by atoms with van der Waals surface area (Å²) in [5, 5.41) is 1.00. The number of hydrazine groups is 1. The van der Waals surface area contributed by atoms with Crippen LogP contribution in [0.4, 0.5) is 5.13 Å². The van der Waals surface area contributed by atoms with Crippen LogP contribution in [0.5, 0.6) is 0 Å². The first-order chi connectivity index (χ1) is 12.7. The summed E-state index contributed by atoms with van der Waals surface area (Å²) in [5.41, 5.74) is 8.36. The minimum atomic E-state index is -3.55. The van der Waals surface area contributed by atoms with Crippen LogP contribution in [0.2, 0.25) is 5.02 Å². The Labute approximate surface area is 166 Å². The number of carbonyl (C=O) groups excluding carboxylic acids is 1. The average Bonchev–Trinajstić information content (AvgIpc) is 3.02. The fraction of sp³-hybridized carbons (Fsp3) is 0.222. The van der Waals surface area contributed by atoms with Gasteiger partial charge >= 0.3 is 0 Å². The number of fused-ring (bicyclic) bond motifs is 1. The fourth-order valence-corrected chi connectivity index (χ4v) is 4.84. The summed E-state index contributed by atoms with van der Waals surface area (Å²) in [5.74, 6) is -0.722. The summed E-state index contributed by atoms with van der Waals surface area (Å²) < 4.78 is 25.6. The molecule has 3 aromatic rings. The zero-order valence-electron chi connectivity index (χ0n) is 14.7. The van der Waals surface area contributed by atoms with Gasteiger partial charge in [-0.25, -0.2) is 13.4 Å². The highest BCUT2D eigenvalue weighted by molar-refractivity contribution is 7.91. The molecule has 0 saturated carbocycles. The molecular formula is C18H18ClN3O3S2. The lowest BCUT2D eigenvalue weighted by atomic mass is 10.1. The topological polar surface area (TPSA) is 88.2 Å². The average molecular weight is 424 g/mol. The Morgan fingerprint density at radius 1 is 1.19 bits per heavy atom. The van der Waals surface area contributed by atoms with Crippen molar-refractivity contribution < 1.29 is 13.2 Å². The van der Waals surface area contributed by atoms with E-state index in [1.165, 1.54) is 35.6 Å². The van der Waals surface area contributed by atoms with Gasteiger partial charge in [0.05, 0.1) is 20.9 Å². The predicted molar refractivity (Wildman–Crippen MR) is 109 cm³/mol. The Bertz CT molecular complexity index is 1090. The number of halogens is 1. The number of sulfone groups is 1. The minimum absolute atomic E-state index is 0.143. The van der Waals surface area contributed by atoms with E-state index in [-0.39, 0.29) is 17.1 Å². The van der Waals surface area contributed by atoms with Gasteiger partial charge in [-0.3, -0.25) is 15.6 Å². The Morgan fingerprint density at radius 2 is 1.89 bits per heavy atom. The largest absolute Gasteiger partial charge is 0.273 e. The van der Waals surface area contributed by atoms with E-state index in [1.54, 1.807) is 0 Å². The van der Waals surface area contributed by atoms with E-state index in [0.29, 0.717) is 10.2 Å². The van der Waals surface area contributed by atoms with Crippen molar-refractivity contribution in [1.82, 2.24) is 10.4 Å². The molecule has 0 fully saturated rings. The van der Waals surface area contributed by atoms with E-state index in [4.69, 9.17) is 11.6 Å². The van der Waals surface area contributed by atoms with E-state index in [0.717, 1.165) is 21.3 Å². The van der Waals surface area contributed by atoms with E-state index in [9.17, 15) is 13.2 Å². The van der Waals surface area contributed by atoms with Crippen LogP contribution >= 0.6 is 22.9 Å². The molecule has 2 aromatic carbocycles. The second-order valence-electron chi connectivity index (χ2n) is 6.15. The number of amides is 1. The van der Waals surface area contributed by atoms with Gasteiger partial charge in [0.2, 0.25) is 11.0 Å². The number of nitrogens with zero attached hydrogens (tertiary/aromatic N) is 1. The Kier molecular flexibility index (Phi) is 5.69. The highest BCUT2D eigenvalue weighted by Crippen LogP contribution is 2.29. The summed E-state index contributed by atoms with van der Waals surface area (Å²) in [6.07, 6.45) is -0.166. The maximum atomic E-state index is 12.3. The molecular weight excluding hydrogens is 406 g/mol. The van der Waals surface area contributed by atoms with Gasteiger partial charge in [-0.05, 0) is 55.3 Å². The minimum Gasteiger partial charge on any atom is -0.273 e. The van der Waals surface area contributed by atoms with E-state index >= 15 is 0 Å². The van der Waals surface area contributed by atoms with Crippen LogP contribution in [-0.2, 0) is 14.6 Å². The Balaban J connectivity index is 1.58. The van der Waals surface area contributed by atoms with Crippen molar-refractivity contribution in [3.05, 3.63) is 52.5 Å². The van der Waals surface area contributed by atoms with Crippen LogP contribution in [0.15, 0.2) is 41.3 Å². The van der Waals surface area contributed by atoms with Crippen LogP contribution in [0.3, 0.4) is 0 Å². The number of nitrogens with one attached hydrogen (secondary N) is 2. The number of aromatic nitrogens is 1. The first-order valence-electron chi connectivity index (χ1n) is 8.15. The molecule has 1 amide bonds. The number of aryl methyl sites for hydroxylation is 2. The molecule has 142 valence electrons. The van der Waals surface area contributed by atoms with Gasteiger partial charge < -0.3 is 0 Å². The lowest BCUT2D eigenvalue weighted by Gasteiger charge is -2.06. The lowest BCUT2D eigenvalue weighted by molar-refractivity contribution is -0.120. The maximum Gasteiger partial charge on any atom is 0.239 e. The SMILES string of the molecule is Cc1cc(C)c2sc(NNC(=O)CCS(=O)(=O)c3ccc(Cl)cc3)nc2c1. The predicted octanol–water partition coefficient (Wildman–Crippen LogP) is 3.87. The molecule has 27 heavy (non-hydrogen) atoms. The summed E-state index contributed by atoms with van der Waals surface area (Å²) in [4.78, 5) is 16.6. The molecule has 2 N–H and O–H groups in total. The van der Waals surface area contributed by atoms with Crippen molar-refractivity contribution in [2.45, 2.75) is 25.2 Å². The normalized spacial score (nSPS) is 11.5. The highest BCUT2D eigenvalue weighted by atomic mass is 35.5. The monoisotopic (exact) mass is 423 g/mol. The third-order valence-electron chi connectivity index (χ3n) is 3.90. The molecule has 0 aliphatic rings. The van der Waals surface area contributed by atoms with Crippen LogP contribution in [-0.4, -0.2) is 25.1 Å². The smallest absolute Gasteiger partial charge is 0.239 e. The van der Waals surface area contributed by atoms with Crippen molar-refractivity contribution in [3.63, 3.8) is 0 Å². The molecule has 0 radical (unpaired) electrons. The van der Waals surface area contributed by atoms with E-state index in [2.05, 4.69) is 21.9 Å². The standard InChI is InChI=1S/C18H18ClN3O3S2/c1-11-9-12(2)17-15(10-11)20-18(26-17)22-21-16(23)7-8-27(24,25)14-5-3-13(19)4-6-14/h3-6,9-10H,7-8H2,1-2H3,(H,20,22)(H,21,23). The fourth-order valence-electron chi connectivity index (χ4n) is 2.60. The molecule has 6 nitrogen and oxygen atoms in total. The number of carbonyl (C=O) groups is 1. The van der Waals surface area contributed by atoms with Crippen molar-refractivity contribution in [3.8, 4) is 0 Å². The molecule has 0 spiro atoms. The van der Waals surface area contributed by atoms with Crippen molar-refractivity contribution in [2.24, 2.45) is 0 Å². The Morgan fingerprint density at radius 3 is 2.59 bits per heavy atom. The molecule has 3 rings (SSSR count). The van der Waals surface area contributed by atoms with Gasteiger partial charge in [0.25, 0.3) is 0 Å². The maximum absolute atomic E-state index is 12.3. The molecule has 0 aliphatic heterocycles. The van der Waals surface area contributed by atoms with Crippen molar-refractivity contribution in [1.29, 1.82) is 0 Å².